The highest BCUT2D eigenvalue weighted by Crippen LogP contribution is 2.61. The maximum Gasteiger partial charge on any atom is 0.137 e. The van der Waals surface area contributed by atoms with Crippen LogP contribution in [0.25, 0.3) is 0 Å². The summed E-state index contributed by atoms with van der Waals surface area (Å²) in [4.78, 5) is 3.79. The Kier molecular flexibility index (Phi) is 4.54. The van der Waals surface area contributed by atoms with Gasteiger partial charge in [-0.25, -0.2) is 27.2 Å². The van der Waals surface area contributed by atoms with Crippen molar-refractivity contribution in [2.24, 2.45) is 0 Å². The highest BCUT2D eigenvalue weighted by atomic mass is 79.9. The van der Waals surface area contributed by atoms with Gasteiger partial charge in [0.25, 0.3) is 0 Å². The van der Waals surface area contributed by atoms with Crippen molar-refractivity contribution in [1.29, 1.82) is 0 Å². The maximum atomic E-state index is 14.8. The van der Waals surface area contributed by atoms with E-state index in [0.717, 1.165) is 24.3 Å². The van der Waals surface area contributed by atoms with Crippen molar-refractivity contribution in [3.8, 4) is 0 Å². The minimum Gasteiger partial charge on any atom is -0.382 e. The summed E-state index contributed by atoms with van der Waals surface area (Å²) in [5, 5.41) is 15.6. The molecule has 1 heterocycles. The Bertz CT molecular complexity index is 1020. The number of aliphatic hydroxyl groups is 1. The molecule has 28 heavy (non-hydrogen) atoms. The average molecular weight is 456 g/mol. The number of aromatic nitrogens is 3. The molecule has 146 valence electrons. The van der Waals surface area contributed by atoms with Crippen molar-refractivity contribution in [2.75, 3.05) is 0 Å². The quantitative estimate of drug-likeness (QED) is 0.586. The molecule has 1 atom stereocenters. The normalized spacial score (nSPS) is 17.4. The summed E-state index contributed by atoms with van der Waals surface area (Å²) in [6, 6.07) is 4.90. The van der Waals surface area contributed by atoms with Gasteiger partial charge < -0.3 is 5.11 Å². The second kappa shape index (κ2) is 6.66. The Morgan fingerprint density at radius 1 is 1.07 bits per heavy atom. The van der Waals surface area contributed by atoms with Gasteiger partial charge in [0.15, 0.2) is 0 Å². The summed E-state index contributed by atoms with van der Waals surface area (Å²) < 4.78 is 59.1. The topological polar surface area (TPSA) is 50.9 Å². The van der Waals surface area contributed by atoms with Gasteiger partial charge in [-0.1, -0.05) is 22.0 Å². The van der Waals surface area contributed by atoms with Crippen LogP contribution in [0.2, 0.25) is 0 Å². The van der Waals surface area contributed by atoms with Gasteiger partial charge in [-0.3, -0.25) is 0 Å². The highest BCUT2D eigenvalue weighted by molar-refractivity contribution is 9.10. The molecule has 1 aliphatic rings. The van der Waals surface area contributed by atoms with Gasteiger partial charge in [-0.05, 0) is 31.0 Å². The van der Waals surface area contributed by atoms with E-state index in [4.69, 9.17) is 0 Å². The molecule has 0 amide bonds. The van der Waals surface area contributed by atoms with Crippen LogP contribution in [0.1, 0.15) is 24.0 Å². The summed E-state index contributed by atoms with van der Waals surface area (Å²) >= 11 is 3.03. The zero-order chi connectivity index (χ0) is 20.1. The summed E-state index contributed by atoms with van der Waals surface area (Å²) in [5.41, 5.74) is -4.12. The van der Waals surface area contributed by atoms with Crippen LogP contribution in [0.3, 0.4) is 0 Å². The van der Waals surface area contributed by atoms with E-state index >= 15 is 0 Å². The second-order valence-corrected chi connectivity index (χ2v) is 7.82. The highest BCUT2D eigenvalue weighted by Gasteiger charge is 2.63. The first-order valence-electron chi connectivity index (χ1n) is 8.42. The van der Waals surface area contributed by atoms with E-state index in [1.54, 1.807) is 0 Å². The third kappa shape index (κ3) is 2.93. The van der Waals surface area contributed by atoms with Crippen molar-refractivity contribution in [3.05, 3.63) is 81.9 Å². The van der Waals surface area contributed by atoms with Crippen LogP contribution in [0.15, 0.2) is 47.5 Å². The molecule has 0 saturated heterocycles. The van der Waals surface area contributed by atoms with Crippen molar-refractivity contribution in [2.45, 2.75) is 30.4 Å². The Hall–Kier alpha value is -2.26. The van der Waals surface area contributed by atoms with E-state index in [-0.39, 0.29) is 35.0 Å². The van der Waals surface area contributed by atoms with Gasteiger partial charge in [-0.15, -0.1) is 0 Å². The monoisotopic (exact) mass is 455 g/mol. The molecule has 1 aliphatic carbocycles. The van der Waals surface area contributed by atoms with E-state index < -0.39 is 34.3 Å². The molecular weight excluding hydrogens is 442 g/mol. The molecule has 2 aromatic carbocycles. The van der Waals surface area contributed by atoms with Gasteiger partial charge in [0.05, 0.1) is 6.54 Å². The number of halogens is 5. The molecule has 1 fully saturated rings. The van der Waals surface area contributed by atoms with E-state index in [2.05, 4.69) is 26.0 Å². The number of benzene rings is 2. The molecule has 4 nitrogen and oxygen atoms in total. The molecule has 1 saturated carbocycles. The summed E-state index contributed by atoms with van der Waals surface area (Å²) in [6.07, 6.45) is 2.95. The van der Waals surface area contributed by atoms with Crippen LogP contribution in [-0.4, -0.2) is 19.9 Å². The molecule has 4 rings (SSSR count). The molecule has 0 bridgehead atoms. The Balaban J connectivity index is 1.94. The maximum absolute atomic E-state index is 14.8. The molecule has 9 heteroatoms. The smallest absolute Gasteiger partial charge is 0.137 e. The van der Waals surface area contributed by atoms with Crippen LogP contribution in [0, 0.1) is 23.3 Å². The number of hydrogen-bond acceptors (Lipinski definition) is 3. The molecule has 1 N–H and O–H groups in total. The molecule has 3 aromatic rings. The summed E-state index contributed by atoms with van der Waals surface area (Å²) in [6.45, 7) is -0.315. The Morgan fingerprint density at radius 2 is 1.75 bits per heavy atom. The van der Waals surface area contributed by atoms with Crippen LogP contribution in [-0.2, 0) is 17.6 Å². The molecule has 1 aromatic heterocycles. The number of nitrogens with zero attached hydrogens (tertiary/aromatic N) is 3. The molecular formula is C19H14BrF4N3O. The first-order chi connectivity index (χ1) is 13.3. The standard InChI is InChI=1S/C19H14BrF4N3O/c20-11-5-15(23)17(16(24)6-11)18(3-4-18)19(28,8-27-10-25-9-26-27)13-2-1-12(21)7-14(13)22/h1-2,5-7,9-10,28H,3-4,8H2. The lowest BCUT2D eigenvalue weighted by molar-refractivity contribution is -0.0298. The van der Waals surface area contributed by atoms with Crippen molar-refractivity contribution >= 4 is 15.9 Å². The van der Waals surface area contributed by atoms with Crippen LogP contribution in [0.5, 0.6) is 0 Å². The Morgan fingerprint density at radius 3 is 2.29 bits per heavy atom. The lowest BCUT2D eigenvalue weighted by Crippen LogP contribution is -2.45. The van der Waals surface area contributed by atoms with Gasteiger partial charge in [0.1, 0.15) is 41.5 Å². The first kappa shape index (κ1) is 19.1. The lowest BCUT2D eigenvalue weighted by Gasteiger charge is -2.38. The predicted octanol–water partition coefficient (Wildman–Crippen LogP) is 4.22. The van der Waals surface area contributed by atoms with Crippen LogP contribution < -0.4 is 0 Å². The minimum atomic E-state index is -2.09. The zero-order valence-corrected chi connectivity index (χ0v) is 15.9. The predicted molar refractivity (Wildman–Crippen MR) is 95.2 cm³/mol. The van der Waals surface area contributed by atoms with Crippen LogP contribution >= 0.6 is 15.9 Å². The summed E-state index contributed by atoms with van der Waals surface area (Å²) in [5.74, 6) is -3.55. The number of rotatable bonds is 5. The van der Waals surface area contributed by atoms with E-state index in [0.29, 0.717) is 6.07 Å². The van der Waals surface area contributed by atoms with Gasteiger partial charge in [0, 0.05) is 27.1 Å². The summed E-state index contributed by atoms with van der Waals surface area (Å²) in [7, 11) is 0. The van der Waals surface area contributed by atoms with E-state index in [1.807, 2.05) is 0 Å². The van der Waals surface area contributed by atoms with Gasteiger partial charge >= 0.3 is 0 Å². The van der Waals surface area contributed by atoms with E-state index in [1.165, 1.54) is 17.3 Å². The largest absolute Gasteiger partial charge is 0.382 e. The molecule has 0 radical (unpaired) electrons. The molecule has 0 aliphatic heterocycles. The van der Waals surface area contributed by atoms with Crippen molar-refractivity contribution in [3.63, 3.8) is 0 Å². The fraction of sp³-hybridized carbons (Fsp3) is 0.263. The third-order valence-electron chi connectivity index (χ3n) is 5.26. The SMILES string of the molecule is OC(Cn1cncn1)(c1ccc(F)cc1F)C1(c2c(F)cc(Br)cc2F)CC1. The zero-order valence-electron chi connectivity index (χ0n) is 14.3. The lowest BCUT2D eigenvalue weighted by atomic mass is 9.73. The van der Waals surface area contributed by atoms with Crippen molar-refractivity contribution < 1.29 is 22.7 Å². The first-order valence-corrected chi connectivity index (χ1v) is 9.21. The minimum absolute atomic E-state index is 0.204. The average Bonchev–Trinajstić information content (AvgIpc) is 3.24. The van der Waals surface area contributed by atoms with Gasteiger partial charge in [0.2, 0.25) is 0 Å². The molecule has 0 spiro atoms. The van der Waals surface area contributed by atoms with Crippen LogP contribution in [0.4, 0.5) is 17.6 Å². The van der Waals surface area contributed by atoms with Crippen molar-refractivity contribution in [1.82, 2.24) is 14.8 Å². The fourth-order valence-electron chi connectivity index (χ4n) is 3.86. The Labute approximate surface area is 166 Å². The number of hydrogen-bond donors (Lipinski definition) is 1. The van der Waals surface area contributed by atoms with E-state index in [9.17, 15) is 22.7 Å². The second-order valence-electron chi connectivity index (χ2n) is 6.90. The molecule has 1 unspecified atom stereocenters. The fourth-order valence-corrected chi connectivity index (χ4v) is 4.26. The third-order valence-corrected chi connectivity index (χ3v) is 5.72. The van der Waals surface area contributed by atoms with Gasteiger partial charge in [-0.2, -0.15) is 5.10 Å².